The molecule has 1 aromatic carbocycles. The van der Waals surface area contributed by atoms with Gasteiger partial charge in [-0.2, -0.15) is 0 Å². The zero-order valence-electron chi connectivity index (χ0n) is 7.88. The predicted octanol–water partition coefficient (Wildman–Crippen LogP) is 2.40. The Morgan fingerprint density at radius 3 is 2.50 bits per heavy atom. The van der Waals surface area contributed by atoms with Crippen LogP contribution in [0.3, 0.4) is 0 Å². The Morgan fingerprint density at radius 2 is 1.92 bits per heavy atom. The van der Waals surface area contributed by atoms with E-state index in [-0.39, 0.29) is 0 Å². The largest absolute Gasteiger partial charge is 0.316 e. The molecule has 0 spiro atoms. The van der Waals surface area contributed by atoms with Crippen LogP contribution in [0, 0.1) is 0 Å². The van der Waals surface area contributed by atoms with E-state index in [2.05, 4.69) is 49.5 Å². The highest BCUT2D eigenvalue weighted by molar-refractivity contribution is 5.18. The van der Waals surface area contributed by atoms with E-state index in [1.807, 2.05) is 0 Å². The molecule has 0 aliphatic rings. The molecule has 1 aromatic rings. The zero-order chi connectivity index (χ0) is 8.81. The molecule has 0 aromatic heterocycles. The maximum absolute atomic E-state index is 3.35. The topological polar surface area (TPSA) is 12.0 Å². The average Bonchev–Trinajstić information content (AvgIpc) is 2.15. The third kappa shape index (κ3) is 2.67. The maximum Gasteiger partial charge on any atom is 0.00173 e. The molecular weight excluding hydrogens is 146 g/mol. The molecule has 66 valence electrons. The van der Waals surface area contributed by atoms with Crippen LogP contribution in [0.4, 0.5) is 0 Å². The van der Waals surface area contributed by atoms with Gasteiger partial charge in [-0.25, -0.2) is 0 Å². The number of rotatable bonds is 4. The Balaban J connectivity index is 2.48. The number of hydrogen-bond donors (Lipinski definition) is 1. The predicted molar refractivity (Wildman–Crippen MR) is 53.4 cm³/mol. The highest BCUT2D eigenvalue weighted by Gasteiger charge is 2.01. The van der Waals surface area contributed by atoms with Crippen LogP contribution in [0.1, 0.15) is 25.3 Å². The van der Waals surface area contributed by atoms with Gasteiger partial charge in [0, 0.05) is 6.54 Å². The summed E-state index contributed by atoms with van der Waals surface area (Å²) in [6.45, 7) is 6.51. The van der Waals surface area contributed by atoms with Crippen LogP contribution in [0.5, 0.6) is 0 Å². The van der Waals surface area contributed by atoms with E-state index < -0.39 is 0 Å². The van der Waals surface area contributed by atoms with Gasteiger partial charge in [-0.15, -0.1) is 0 Å². The smallest absolute Gasteiger partial charge is 0.00173 e. The third-order valence-corrected chi connectivity index (χ3v) is 2.07. The van der Waals surface area contributed by atoms with Crippen molar-refractivity contribution in [2.24, 2.45) is 0 Å². The van der Waals surface area contributed by atoms with Gasteiger partial charge in [0.15, 0.2) is 0 Å². The number of nitrogens with one attached hydrogen (secondary N) is 1. The minimum Gasteiger partial charge on any atom is -0.316 e. The molecule has 0 aliphatic carbocycles. The summed E-state index contributed by atoms with van der Waals surface area (Å²) in [6, 6.07) is 10.6. The summed E-state index contributed by atoms with van der Waals surface area (Å²) in [5.74, 6) is 0.617. The van der Waals surface area contributed by atoms with Crippen molar-refractivity contribution in [3.05, 3.63) is 35.9 Å². The molecular formula is C11H17N. The van der Waals surface area contributed by atoms with E-state index in [9.17, 15) is 0 Å². The van der Waals surface area contributed by atoms with E-state index in [1.165, 1.54) is 5.56 Å². The Bertz CT molecular complexity index is 206. The Hall–Kier alpha value is -0.820. The first-order valence-corrected chi connectivity index (χ1v) is 4.60. The first-order valence-electron chi connectivity index (χ1n) is 4.60. The highest BCUT2D eigenvalue weighted by Crippen LogP contribution is 2.12. The minimum atomic E-state index is 0.617. The van der Waals surface area contributed by atoms with Crippen molar-refractivity contribution >= 4 is 0 Å². The molecule has 0 bridgehead atoms. The first kappa shape index (κ1) is 9.27. The minimum absolute atomic E-state index is 0.617. The van der Waals surface area contributed by atoms with Gasteiger partial charge in [-0.05, 0) is 18.0 Å². The molecule has 0 heterocycles. The summed E-state index contributed by atoms with van der Waals surface area (Å²) in [7, 11) is 0. The van der Waals surface area contributed by atoms with Crippen LogP contribution >= 0.6 is 0 Å². The van der Waals surface area contributed by atoms with Crippen molar-refractivity contribution in [1.29, 1.82) is 0 Å². The summed E-state index contributed by atoms with van der Waals surface area (Å²) < 4.78 is 0. The van der Waals surface area contributed by atoms with Gasteiger partial charge >= 0.3 is 0 Å². The van der Waals surface area contributed by atoms with Crippen LogP contribution in [0.25, 0.3) is 0 Å². The van der Waals surface area contributed by atoms with Crippen molar-refractivity contribution in [2.45, 2.75) is 19.8 Å². The summed E-state index contributed by atoms with van der Waals surface area (Å²) in [6.07, 6.45) is 0. The standard InChI is InChI=1S/C11H17N/c1-3-12-9-10(2)11-7-5-4-6-8-11/h4-8,10,12H,3,9H2,1-2H3/t10-/m1/s1. The lowest BCUT2D eigenvalue weighted by Gasteiger charge is -2.11. The van der Waals surface area contributed by atoms with Crippen molar-refractivity contribution < 1.29 is 0 Å². The fourth-order valence-corrected chi connectivity index (χ4v) is 1.26. The molecule has 0 fully saturated rings. The van der Waals surface area contributed by atoms with Crippen molar-refractivity contribution in [1.82, 2.24) is 5.32 Å². The fraction of sp³-hybridized carbons (Fsp3) is 0.455. The molecule has 0 saturated heterocycles. The van der Waals surface area contributed by atoms with Gasteiger partial charge < -0.3 is 5.32 Å². The average molecular weight is 163 g/mol. The van der Waals surface area contributed by atoms with Gasteiger partial charge in [0.2, 0.25) is 0 Å². The second kappa shape index (κ2) is 4.94. The molecule has 0 saturated carbocycles. The van der Waals surface area contributed by atoms with Gasteiger partial charge in [0.05, 0.1) is 0 Å². The molecule has 1 heteroatoms. The lowest BCUT2D eigenvalue weighted by molar-refractivity contribution is 0.635. The summed E-state index contributed by atoms with van der Waals surface area (Å²) in [5, 5.41) is 3.35. The molecule has 1 atom stereocenters. The summed E-state index contributed by atoms with van der Waals surface area (Å²) in [4.78, 5) is 0. The van der Waals surface area contributed by atoms with Crippen LogP contribution in [-0.2, 0) is 0 Å². The van der Waals surface area contributed by atoms with Gasteiger partial charge in [0.1, 0.15) is 0 Å². The van der Waals surface area contributed by atoms with Crippen LogP contribution in [-0.4, -0.2) is 13.1 Å². The summed E-state index contributed by atoms with van der Waals surface area (Å²) in [5.41, 5.74) is 1.42. The molecule has 0 aliphatic heterocycles. The van der Waals surface area contributed by atoms with Crippen molar-refractivity contribution in [2.75, 3.05) is 13.1 Å². The van der Waals surface area contributed by atoms with E-state index in [0.717, 1.165) is 13.1 Å². The number of hydrogen-bond acceptors (Lipinski definition) is 1. The lowest BCUT2D eigenvalue weighted by Crippen LogP contribution is -2.19. The number of likely N-dealkylation sites (N-methyl/N-ethyl adjacent to an activating group) is 1. The zero-order valence-corrected chi connectivity index (χ0v) is 7.88. The quantitative estimate of drug-likeness (QED) is 0.718. The highest BCUT2D eigenvalue weighted by atomic mass is 14.8. The van der Waals surface area contributed by atoms with E-state index in [1.54, 1.807) is 0 Å². The lowest BCUT2D eigenvalue weighted by atomic mass is 10.0. The molecule has 1 rings (SSSR count). The van der Waals surface area contributed by atoms with Crippen molar-refractivity contribution in [3.63, 3.8) is 0 Å². The molecule has 0 unspecified atom stereocenters. The third-order valence-electron chi connectivity index (χ3n) is 2.07. The van der Waals surface area contributed by atoms with E-state index in [0.29, 0.717) is 5.92 Å². The van der Waals surface area contributed by atoms with Gasteiger partial charge in [-0.1, -0.05) is 44.2 Å². The second-order valence-electron chi connectivity index (χ2n) is 3.12. The molecule has 12 heavy (non-hydrogen) atoms. The van der Waals surface area contributed by atoms with E-state index in [4.69, 9.17) is 0 Å². The molecule has 0 amide bonds. The van der Waals surface area contributed by atoms with E-state index >= 15 is 0 Å². The number of benzene rings is 1. The van der Waals surface area contributed by atoms with Crippen LogP contribution in [0.15, 0.2) is 30.3 Å². The Morgan fingerprint density at radius 1 is 1.25 bits per heavy atom. The fourth-order valence-electron chi connectivity index (χ4n) is 1.26. The molecule has 1 N–H and O–H groups in total. The van der Waals surface area contributed by atoms with Gasteiger partial charge in [0.25, 0.3) is 0 Å². The second-order valence-corrected chi connectivity index (χ2v) is 3.12. The van der Waals surface area contributed by atoms with Gasteiger partial charge in [-0.3, -0.25) is 0 Å². The molecule has 1 nitrogen and oxygen atoms in total. The Kier molecular flexibility index (Phi) is 3.81. The molecule has 0 radical (unpaired) electrons. The van der Waals surface area contributed by atoms with Crippen LogP contribution in [0.2, 0.25) is 0 Å². The Labute approximate surface area is 74.8 Å². The SMILES string of the molecule is CCNC[C@@H](C)c1ccccc1. The van der Waals surface area contributed by atoms with Crippen molar-refractivity contribution in [3.8, 4) is 0 Å². The maximum atomic E-state index is 3.35. The normalized spacial score (nSPS) is 12.8. The van der Waals surface area contributed by atoms with Crippen LogP contribution < -0.4 is 5.32 Å². The first-order chi connectivity index (χ1) is 5.84. The monoisotopic (exact) mass is 163 g/mol. The summed E-state index contributed by atoms with van der Waals surface area (Å²) >= 11 is 0.